The van der Waals surface area contributed by atoms with Crippen LogP contribution in [0.3, 0.4) is 0 Å². The fourth-order valence-corrected chi connectivity index (χ4v) is 2.35. The van der Waals surface area contributed by atoms with Gasteiger partial charge in [-0.05, 0) is 12.1 Å². The zero-order valence-electron chi connectivity index (χ0n) is 9.98. The Labute approximate surface area is 113 Å². The van der Waals surface area contributed by atoms with Gasteiger partial charge in [-0.15, -0.1) is 5.10 Å². The van der Waals surface area contributed by atoms with Crippen LogP contribution in [0.1, 0.15) is 10.5 Å². The summed E-state index contributed by atoms with van der Waals surface area (Å²) < 4.78 is 0. The average Bonchev–Trinajstić information content (AvgIpc) is 3.10. The number of rotatable bonds is 2. The molecule has 1 N–H and O–H groups in total. The standard InChI is InChI=1S/C12H11N5OS/c18-11(15-12-13-6-7-19-12)10-8-14-17(16-10)9-4-2-1-3-5-9/h1-5,8H,6-7H2,(H,13,15,18). The molecule has 1 aliphatic heterocycles. The highest BCUT2D eigenvalue weighted by molar-refractivity contribution is 8.14. The molecule has 19 heavy (non-hydrogen) atoms. The van der Waals surface area contributed by atoms with E-state index in [-0.39, 0.29) is 11.6 Å². The second kappa shape index (κ2) is 5.23. The van der Waals surface area contributed by atoms with Crippen molar-refractivity contribution in [3.63, 3.8) is 0 Å². The Morgan fingerprint density at radius 1 is 1.32 bits per heavy atom. The van der Waals surface area contributed by atoms with Crippen LogP contribution < -0.4 is 5.32 Å². The topological polar surface area (TPSA) is 72.2 Å². The fraction of sp³-hybridized carbons (Fsp3) is 0.167. The quantitative estimate of drug-likeness (QED) is 0.889. The Morgan fingerprint density at radius 3 is 2.89 bits per heavy atom. The highest BCUT2D eigenvalue weighted by Gasteiger charge is 2.15. The highest BCUT2D eigenvalue weighted by Crippen LogP contribution is 2.10. The van der Waals surface area contributed by atoms with Crippen molar-refractivity contribution >= 4 is 22.8 Å². The molecule has 0 saturated heterocycles. The van der Waals surface area contributed by atoms with Crippen molar-refractivity contribution in [1.82, 2.24) is 20.3 Å². The summed E-state index contributed by atoms with van der Waals surface area (Å²) in [5.74, 6) is 0.627. The maximum Gasteiger partial charge on any atom is 0.279 e. The number of carbonyl (C=O) groups excluding carboxylic acids is 1. The van der Waals surface area contributed by atoms with Gasteiger partial charge in [-0.25, -0.2) is 0 Å². The maximum atomic E-state index is 11.9. The lowest BCUT2D eigenvalue weighted by Crippen LogP contribution is -2.27. The van der Waals surface area contributed by atoms with Crippen LogP contribution in [0.15, 0.2) is 41.5 Å². The number of thioether (sulfide) groups is 1. The summed E-state index contributed by atoms with van der Waals surface area (Å²) in [4.78, 5) is 17.5. The number of aromatic nitrogens is 3. The van der Waals surface area contributed by atoms with Crippen molar-refractivity contribution in [2.24, 2.45) is 4.99 Å². The largest absolute Gasteiger partial charge is 0.300 e. The molecule has 3 rings (SSSR count). The Balaban J connectivity index is 1.76. The first-order valence-corrected chi connectivity index (χ1v) is 6.78. The van der Waals surface area contributed by atoms with Crippen LogP contribution >= 0.6 is 11.8 Å². The lowest BCUT2D eigenvalue weighted by atomic mass is 10.3. The van der Waals surface area contributed by atoms with Gasteiger partial charge in [-0.3, -0.25) is 15.1 Å². The van der Waals surface area contributed by atoms with Crippen molar-refractivity contribution in [3.05, 3.63) is 42.2 Å². The van der Waals surface area contributed by atoms with Crippen molar-refractivity contribution in [2.45, 2.75) is 0 Å². The fourth-order valence-electron chi connectivity index (χ4n) is 1.62. The molecule has 1 aromatic heterocycles. The van der Waals surface area contributed by atoms with Crippen LogP contribution in [0.4, 0.5) is 0 Å². The van der Waals surface area contributed by atoms with E-state index in [9.17, 15) is 4.79 Å². The first kappa shape index (κ1) is 11.9. The number of hydrogen-bond acceptors (Lipinski definition) is 5. The summed E-state index contributed by atoms with van der Waals surface area (Å²) in [7, 11) is 0. The normalized spacial score (nSPS) is 14.2. The Hall–Kier alpha value is -2.15. The van der Waals surface area contributed by atoms with E-state index in [4.69, 9.17) is 0 Å². The van der Waals surface area contributed by atoms with Crippen LogP contribution in [0.25, 0.3) is 5.69 Å². The Kier molecular flexibility index (Phi) is 3.28. The Morgan fingerprint density at radius 2 is 2.16 bits per heavy atom. The van der Waals surface area contributed by atoms with Gasteiger partial charge in [0, 0.05) is 5.75 Å². The van der Waals surface area contributed by atoms with Crippen LogP contribution in [-0.2, 0) is 0 Å². The van der Waals surface area contributed by atoms with Crippen molar-refractivity contribution in [1.29, 1.82) is 0 Å². The van der Waals surface area contributed by atoms with Gasteiger partial charge >= 0.3 is 0 Å². The predicted molar refractivity (Wildman–Crippen MR) is 73.6 cm³/mol. The van der Waals surface area contributed by atoms with Gasteiger partial charge in [-0.1, -0.05) is 30.0 Å². The predicted octanol–water partition coefficient (Wildman–Crippen LogP) is 1.10. The van der Waals surface area contributed by atoms with E-state index in [0.717, 1.165) is 18.0 Å². The number of carbonyl (C=O) groups is 1. The second-order valence-electron chi connectivity index (χ2n) is 3.84. The molecule has 96 valence electrons. The van der Waals surface area contributed by atoms with E-state index < -0.39 is 0 Å². The minimum absolute atomic E-state index is 0.277. The van der Waals surface area contributed by atoms with E-state index >= 15 is 0 Å². The zero-order valence-corrected chi connectivity index (χ0v) is 10.8. The smallest absolute Gasteiger partial charge is 0.279 e. The number of benzene rings is 1. The van der Waals surface area contributed by atoms with Crippen molar-refractivity contribution < 1.29 is 4.79 Å². The summed E-state index contributed by atoms with van der Waals surface area (Å²) in [5, 5.41) is 11.6. The van der Waals surface area contributed by atoms with Gasteiger partial charge in [0.2, 0.25) is 0 Å². The molecule has 1 aliphatic rings. The van der Waals surface area contributed by atoms with Gasteiger partial charge in [0.1, 0.15) is 0 Å². The van der Waals surface area contributed by atoms with E-state index in [0.29, 0.717) is 5.17 Å². The molecule has 6 nitrogen and oxygen atoms in total. The average molecular weight is 273 g/mol. The van der Waals surface area contributed by atoms with Crippen LogP contribution in [-0.4, -0.2) is 38.4 Å². The van der Waals surface area contributed by atoms with Crippen LogP contribution in [0, 0.1) is 0 Å². The number of nitrogens with zero attached hydrogens (tertiary/aromatic N) is 4. The summed E-state index contributed by atoms with van der Waals surface area (Å²) >= 11 is 1.53. The number of nitrogens with one attached hydrogen (secondary N) is 1. The summed E-state index contributed by atoms with van der Waals surface area (Å²) in [5.41, 5.74) is 1.09. The molecular formula is C12H11N5OS. The minimum atomic E-state index is -0.282. The highest BCUT2D eigenvalue weighted by atomic mass is 32.2. The molecule has 1 amide bonds. The SMILES string of the molecule is O=C(NC1=NCCS1)c1cnn(-c2ccccc2)n1. The molecule has 0 aliphatic carbocycles. The lowest BCUT2D eigenvalue weighted by Gasteiger charge is -2.00. The van der Waals surface area contributed by atoms with E-state index in [1.54, 1.807) is 0 Å². The van der Waals surface area contributed by atoms with Gasteiger partial charge in [0.25, 0.3) is 5.91 Å². The zero-order chi connectivity index (χ0) is 13.1. The molecular weight excluding hydrogens is 262 g/mol. The summed E-state index contributed by atoms with van der Waals surface area (Å²) in [6.45, 7) is 0.747. The first-order valence-electron chi connectivity index (χ1n) is 5.79. The number of aliphatic imine (C=N–C) groups is 1. The monoisotopic (exact) mass is 273 g/mol. The number of amides is 1. The maximum absolute atomic E-state index is 11.9. The molecule has 0 bridgehead atoms. The van der Waals surface area contributed by atoms with E-state index in [2.05, 4.69) is 20.5 Å². The lowest BCUT2D eigenvalue weighted by molar-refractivity contribution is 0.0972. The van der Waals surface area contributed by atoms with Crippen molar-refractivity contribution in [3.8, 4) is 5.69 Å². The molecule has 0 spiro atoms. The van der Waals surface area contributed by atoms with Crippen LogP contribution in [0.5, 0.6) is 0 Å². The molecule has 2 heterocycles. The molecule has 1 aromatic carbocycles. The molecule has 0 fully saturated rings. The van der Waals surface area contributed by atoms with Gasteiger partial charge in [0.15, 0.2) is 10.9 Å². The molecule has 0 atom stereocenters. The first-order chi connectivity index (χ1) is 9.33. The molecule has 2 aromatic rings. The summed E-state index contributed by atoms with van der Waals surface area (Å²) in [6.07, 6.45) is 1.45. The molecule has 0 unspecified atom stereocenters. The molecule has 7 heteroatoms. The van der Waals surface area contributed by atoms with Crippen molar-refractivity contribution in [2.75, 3.05) is 12.3 Å². The number of para-hydroxylation sites is 1. The van der Waals surface area contributed by atoms with Gasteiger partial charge in [0.05, 0.1) is 18.4 Å². The van der Waals surface area contributed by atoms with Crippen LogP contribution in [0.2, 0.25) is 0 Å². The number of amidine groups is 1. The van der Waals surface area contributed by atoms with E-state index in [1.807, 2.05) is 30.3 Å². The van der Waals surface area contributed by atoms with E-state index in [1.165, 1.54) is 22.8 Å². The number of hydrogen-bond donors (Lipinski definition) is 1. The molecule has 0 radical (unpaired) electrons. The minimum Gasteiger partial charge on any atom is -0.300 e. The second-order valence-corrected chi connectivity index (χ2v) is 4.93. The third-order valence-electron chi connectivity index (χ3n) is 2.52. The van der Waals surface area contributed by atoms with Gasteiger partial charge < -0.3 is 0 Å². The molecule has 0 saturated carbocycles. The van der Waals surface area contributed by atoms with Gasteiger partial charge in [-0.2, -0.15) is 9.90 Å². The Bertz CT molecular complexity index is 622. The third-order valence-corrected chi connectivity index (χ3v) is 3.41. The third kappa shape index (κ3) is 2.65. The summed E-state index contributed by atoms with van der Waals surface area (Å²) in [6, 6.07) is 9.44.